The molecule has 1 unspecified atom stereocenters. The van der Waals surface area contributed by atoms with E-state index in [0.717, 1.165) is 4.90 Å². The van der Waals surface area contributed by atoms with Crippen LogP contribution in [0.2, 0.25) is 0 Å². The van der Waals surface area contributed by atoms with Crippen molar-refractivity contribution in [3.05, 3.63) is 58.0 Å². The molecule has 8 heteroatoms. The molecule has 30 heavy (non-hydrogen) atoms. The van der Waals surface area contributed by atoms with Crippen molar-refractivity contribution in [2.45, 2.75) is 45.7 Å². The van der Waals surface area contributed by atoms with Gasteiger partial charge in [-0.1, -0.05) is 12.1 Å². The average Bonchev–Trinajstić information content (AvgIpc) is 3.17. The number of imide groups is 1. The molecule has 2 aromatic rings. The molecular formula is C22H20N2O6. The van der Waals surface area contributed by atoms with Crippen LogP contribution in [0.15, 0.2) is 28.7 Å². The van der Waals surface area contributed by atoms with Gasteiger partial charge in [-0.15, -0.1) is 0 Å². The molecule has 1 atom stereocenters. The van der Waals surface area contributed by atoms with E-state index in [1.54, 1.807) is 32.0 Å². The molecule has 1 aliphatic carbocycles. The minimum atomic E-state index is -0.922. The minimum absolute atomic E-state index is 0.0373. The molecule has 0 bridgehead atoms. The summed E-state index contributed by atoms with van der Waals surface area (Å²) in [6.07, 6.45) is 0.0506. The Bertz CT molecular complexity index is 1110. The summed E-state index contributed by atoms with van der Waals surface area (Å²) in [6.45, 7) is 3.47. The molecule has 0 spiro atoms. The molecule has 3 amide bonds. The van der Waals surface area contributed by atoms with Crippen LogP contribution in [0, 0.1) is 13.8 Å². The maximum Gasteiger partial charge on any atom is 0.262 e. The van der Waals surface area contributed by atoms with Crippen molar-refractivity contribution in [3.8, 4) is 0 Å². The van der Waals surface area contributed by atoms with E-state index in [0.29, 0.717) is 22.6 Å². The highest BCUT2D eigenvalue weighted by Gasteiger charge is 2.45. The fourth-order valence-corrected chi connectivity index (χ4v) is 4.06. The molecule has 1 N–H and O–H groups in total. The predicted molar refractivity (Wildman–Crippen MR) is 104 cm³/mol. The van der Waals surface area contributed by atoms with Crippen molar-refractivity contribution in [2.24, 2.45) is 0 Å². The van der Waals surface area contributed by atoms with E-state index in [-0.39, 0.29) is 48.6 Å². The van der Waals surface area contributed by atoms with Gasteiger partial charge in [-0.2, -0.15) is 0 Å². The topological polar surface area (TPSA) is 114 Å². The average molecular weight is 408 g/mol. The molecule has 8 nitrogen and oxygen atoms in total. The fraction of sp³-hybridized carbons (Fsp3) is 0.318. The van der Waals surface area contributed by atoms with Crippen molar-refractivity contribution in [1.29, 1.82) is 0 Å². The Balaban J connectivity index is 1.57. The summed E-state index contributed by atoms with van der Waals surface area (Å²) < 4.78 is 5.37. The number of Topliss-reactive ketones (excluding diaryl/α,β-unsaturated/α-hetero) is 2. The lowest BCUT2D eigenvalue weighted by Crippen LogP contribution is -2.47. The number of furan rings is 1. The molecule has 1 aliphatic heterocycles. The van der Waals surface area contributed by atoms with Gasteiger partial charge in [0.25, 0.3) is 17.7 Å². The zero-order valence-corrected chi connectivity index (χ0v) is 16.6. The summed E-state index contributed by atoms with van der Waals surface area (Å²) in [6, 6.07) is 5.53. The number of carbonyl (C=O) groups excluding carboxylic acids is 5. The van der Waals surface area contributed by atoms with Crippen LogP contribution in [0.1, 0.15) is 67.4 Å². The van der Waals surface area contributed by atoms with Gasteiger partial charge in [-0.05, 0) is 38.0 Å². The van der Waals surface area contributed by atoms with E-state index >= 15 is 0 Å². The van der Waals surface area contributed by atoms with E-state index in [9.17, 15) is 24.0 Å². The van der Waals surface area contributed by atoms with Crippen molar-refractivity contribution in [2.75, 3.05) is 0 Å². The van der Waals surface area contributed by atoms with Crippen LogP contribution in [0.5, 0.6) is 0 Å². The molecule has 2 heterocycles. The number of rotatable bonds is 4. The molecular weight excluding hydrogens is 388 g/mol. The summed E-state index contributed by atoms with van der Waals surface area (Å²) in [4.78, 5) is 63.2. The number of hydrogen-bond acceptors (Lipinski definition) is 6. The third kappa shape index (κ3) is 3.24. The van der Waals surface area contributed by atoms with E-state index in [1.165, 1.54) is 6.07 Å². The number of hydrogen-bond donors (Lipinski definition) is 1. The van der Waals surface area contributed by atoms with E-state index in [2.05, 4.69) is 5.32 Å². The Morgan fingerprint density at radius 1 is 1.17 bits per heavy atom. The van der Waals surface area contributed by atoms with E-state index < -0.39 is 23.6 Å². The Hall–Kier alpha value is -3.55. The molecule has 1 saturated carbocycles. The zero-order chi connectivity index (χ0) is 21.6. The number of benzene rings is 1. The zero-order valence-electron chi connectivity index (χ0n) is 16.6. The molecule has 1 aromatic carbocycles. The third-order valence-corrected chi connectivity index (χ3v) is 5.51. The van der Waals surface area contributed by atoms with Gasteiger partial charge in [0.1, 0.15) is 17.3 Å². The van der Waals surface area contributed by atoms with Crippen LogP contribution in [0.4, 0.5) is 0 Å². The molecule has 154 valence electrons. The number of aryl methyl sites for hydroxylation is 2. The first-order chi connectivity index (χ1) is 14.3. The van der Waals surface area contributed by atoms with Gasteiger partial charge < -0.3 is 9.73 Å². The number of nitrogens with one attached hydrogen (secondary N) is 1. The summed E-state index contributed by atoms with van der Waals surface area (Å²) in [5.74, 6) is -0.949. The van der Waals surface area contributed by atoms with Gasteiger partial charge in [-0.25, -0.2) is 0 Å². The van der Waals surface area contributed by atoms with E-state index in [1.807, 2.05) is 0 Å². The fourth-order valence-electron chi connectivity index (χ4n) is 4.06. The maximum atomic E-state index is 13.1. The first-order valence-corrected chi connectivity index (χ1v) is 9.67. The monoisotopic (exact) mass is 408 g/mol. The van der Waals surface area contributed by atoms with Crippen LogP contribution in [0.3, 0.4) is 0 Å². The van der Waals surface area contributed by atoms with Crippen molar-refractivity contribution >= 4 is 29.3 Å². The SMILES string of the molecule is Cc1cc(C(=O)NCc2cccc3c2C(=O)N(C2CCC(=O)CC2=O)C3=O)c(C)o1. The lowest BCUT2D eigenvalue weighted by molar-refractivity contribution is -0.132. The molecule has 1 aromatic heterocycles. The summed E-state index contributed by atoms with van der Waals surface area (Å²) >= 11 is 0. The number of amides is 3. The van der Waals surface area contributed by atoms with Crippen molar-refractivity contribution in [3.63, 3.8) is 0 Å². The number of ketones is 2. The lowest BCUT2D eigenvalue weighted by atomic mass is 9.92. The second-order valence-corrected chi connectivity index (χ2v) is 7.57. The highest BCUT2D eigenvalue weighted by molar-refractivity contribution is 6.24. The Kier molecular flexibility index (Phi) is 4.85. The van der Waals surface area contributed by atoms with E-state index in [4.69, 9.17) is 4.42 Å². The molecule has 0 saturated heterocycles. The summed E-state index contributed by atoms with van der Waals surface area (Å²) in [5.41, 5.74) is 1.28. The smallest absolute Gasteiger partial charge is 0.262 e. The van der Waals surface area contributed by atoms with Crippen LogP contribution >= 0.6 is 0 Å². The van der Waals surface area contributed by atoms with Gasteiger partial charge in [0, 0.05) is 13.0 Å². The molecule has 4 rings (SSSR count). The Labute approximate surface area is 172 Å². The van der Waals surface area contributed by atoms with Gasteiger partial charge in [-0.3, -0.25) is 28.9 Å². The van der Waals surface area contributed by atoms with Crippen molar-refractivity contribution in [1.82, 2.24) is 10.2 Å². The Morgan fingerprint density at radius 3 is 2.60 bits per heavy atom. The molecule has 0 radical (unpaired) electrons. The van der Waals surface area contributed by atoms with Crippen LogP contribution in [-0.4, -0.2) is 40.2 Å². The largest absolute Gasteiger partial charge is 0.466 e. The third-order valence-electron chi connectivity index (χ3n) is 5.51. The second kappa shape index (κ2) is 7.37. The van der Waals surface area contributed by atoms with Crippen LogP contribution in [-0.2, 0) is 16.1 Å². The summed E-state index contributed by atoms with van der Waals surface area (Å²) in [5, 5.41) is 2.75. The highest BCUT2D eigenvalue weighted by atomic mass is 16.3. The van der Waals surface area contributed by atoms with Crippen LogP contribution < -0.4 is 5.32 Å². The highest BCUT2D eigenvalue weighted by Crippen LogP contribution is 2.31. The van der Waals surface area contributed by atoms with Crippen LogP contribution in [0.25, 0.3) is 0 Å². The summed E-state index contributed by atoms with van der Waals surface area (Å²) in [7, 11) is 0. The minimum Gasteiger partial charge on any atom is -0.466 e. The quantitative estimate of drug-likeness (QED) is 0.612. The number of fused-ring (bicyclic) bond motifs is 1. The maximum absolute atomic E-state index is 13.1. The Morgan fingerprint density at radius 2 is 1.93 bits per heavy atom. The van der Waals surface area contributed by atoms with Gasteiger partial charge in [0.05, 0.1) is 29.2 Å². The number of nitrogens with zero attached hydrogens (tertiary/aromatic N) is 1. The van der Waals surface area contributed by atoms with Gasteiger partial charge >= 0.3 is 0 Å². The lowest BCUT2D eigenvalue weighted by Gasteiger charge is -2.27. The van der Waals surface area contributed by atoms with Gasteiger partial charge in [0.15, 0.2) is 5.78 Å². The molecule has 2 aliphatic rings. The number of carbonyl (C=O) groups is 5. The molecule has 1 fully saturated rings. The standard InChI is InChI=1S/C22H20N2O6/c1-11-8-16(12(2)30-11)20(27)23-10-13-4-3-5-15-19(13)22(29)24(21(15)28)17-7-6-14(25)9-18(17)26/h3-5,8,17H,6-7,9-10H2,1-2H3,(H,23,27). The first kappa shape index (κ1) is 19.8. The normalized spacial score (nSPS) is 18.7. The predicted octanol–water partition coefficient (Wildman–Crippen LogP) is 2.11. The van der Waals surface area contributed by atoms with Gasteiger partial charge in [0.2, 0.25) is 0 Å². The van der Waals surface area contributed by atoms with Crippen molar-refractivity contribution < 1.29 is 28.4 Å². The first-order valence-electron chi connectivity index (χ1n) is 9.67. The second-order valence-electron chi connectivity index (χ2n) is 7.57.